The summed E-state index contributed by atoms with van der Waals surface area (Å²) in [6.07, 6.45) is 16.5. The predicted octanol–water partition coefficient (Wildman–Crippen LogP) is 10.8. The van der Waals surface area contributed by atoms with Gasteiger partial charge in [0.15, 0.2) is 0 Å². The van der Waals surface area contributed by atoms with Crippen LogP contribution in [0.5, 0.6) is 0 Å². The molecule has 9 atom stereocenters. The van der Waals surface area contributed by atoms with Crippen LogP contribution in [0.1, 0.15) is 140 Å². The molecule has 4 fully saturated rings. The highest BCUT2D eigenvalue weighted by Gasteiger charge is 2.65. The Morgan fingerprint density at radius 1 is 0.886 bits per heavy atom. The summed E-state index contributed by atoms with van der Waals surface area (Å²) in [6.45, 7) is 25.1. The average molecular weight is 489 g/mol. The Labute approximate surface area is 221 Å². The summed E-state index contributed by atoms with van der Waals surface area (Å²) >= 11 is 0. The van der Waals surface area contributed by atoms with Crippen LogP contribution in [-0.2, 0) is 4.79 Å². The molecular weight excluding hydrogens is 424 g/mol. The summed E-state index contributed by atoms with van der Waals surface area (Å²) < 4.78 is 0. The molecule has 0 aromatic carbocycles. The number of ketones is 1. The predicted molar refractivity (Wildman–Crippen MR) is 157 cm³/mol. The fraction of sp³-hybridized carbons (Fsp3) is 0.912. The van der Waals surface area contributed by atoms with Crippen LogP contribution < -0.4 is 0 Å². The van der Waals surface area contributed by atoms with Crippen molar-refractivity contribution in [3.63, 3.8) is 0 Å². The highest BCUT2D eigenvalue weighted by atomic mass is 16.1. The van der Waals surface area contributed by atoms with Gasteiger partial charge in [0.25, 0.3) is 0 Å². The monoisotopic (exact) mass is 488 g/mol. The lowest BCUT2D eigenvalue weighted by Crippen LogP contribution is -2.40. The maximum absolute atomic E-state index is 12.9. The summed E-state index contributed by atoms with van der Waals surface area (Å²) in [5.41, 5.74) is 0.159. The molecule has 1 heteroatoms. The first kappa shape index (κ1) is 32.4. The maximum atomic E-state index is 12.9. The van der Waals surface area contributed by atoms with E-state index in [4.69, 9.17) is 0 Å². The second-order valence-electron chi connectivity index (χ2n) is 13.1. The van der Waals surface area contributed by atoms with Gasteiger partial charge in [-0.05, 0) is 85.4 Å². The number of rotatable bonds is 8. The Morgan fingerprint density at radius 3 is 1.86 bits per heavy atom. The largest absolute Gasteiger partial charge is 0.299 e. The lowest BCUT2D eigenvalue weighted by atomic mass is 9.61. The minimum Gasteiger partial charge on any atom is -0.299 e. The fourth-order valence-electron chi connectivity index (χ4n) is 8.66. The summed E-state index contributed by atoms with van der Waals surface area (Å²) in [5.74, 6) is 8.68. The molecule has 4 aliphatic rings. The first-order chi connectivity index (χ1) is 16.7. The van der Waals surface area contributed by atoms with Crippen molar-refractivity contribution < 1.29 is 4.79 Å². The van der Waals surface area contributed by atoms with Gasteiger partial charge in [0.1, 0.15) is 5.78 Å². The van der Waals surface area contributed by atoms with Crippen molar-refractivity contribution in [1.82, 2.24) is 0 Å². The zero-order chi connectivity index (χ0) is 26.8. The molecule has 35 heavy (non-hydrogen) atoms. The van der Waals surface area contributed by atoms with Gasteiger partial charge in [-0.2, -0.15) is 0 Å². The molecule has 0 radical (unpaired) electrons. The van der Waals surface area contributed by atoms with Crippen LogP contribution in [0.4, 0.5) is 0 Å². The van der Waals surface area contributed by atoms with E-state index in [0.717, 1.165) is 53.8 Å². The summed E-state index contributed by atoms with van der Waals surface area (Å²) in [6, 6.07) is 0. The van der Waals surface area contributed by atoms with E-state index in [9.17, 15) is 4.79 Å². The zero-order valence-corrected chi connectivity index (χ0v) is 25.7. The number of hydrogen-bond donors (Lipinski definition) is 0. The third-order valence-corrected chi connectivity index (χ3v) is 9.48. The first-order valence-corrected chi connectivity index (χ1v) is 15.8. The van der Waals surface area contributed by atoms with Crippen LogP contribution in [0.3, 0.4) is 0 Å². The molecule has 0 N–H and O–H groups in total. The maximum Gasteiger partial charge on any atom is 0.136 e. The SMILES string of the molecule is C=CC.CC.CCCC(CC)C1CC2CC1C1C3CC(C(=O)CC(C)(C)C)C(C3)C21.CCCCC. The van der Waals surface area contributed by atoms with Gasteiger partial charge in [-0.1, -0.05) is 107 Å². The second-order valence-corrected chi connectivity index (χ2v) is 13.1. The zero-order valence-electron chi connectivity index (χ0n) is 25.7. The second kappa shape index (κ2) is 15.6. The van der Waals surface area contributed by atoms with Gasteiger partial charge in [-0.3, -0.25) is 4.79 Å². The fourth-order valence-corrected chi connectivity index (χ4v) is 8.66. The number of unbranched alkanes of at least 4 members (excludes halogenated alkanes) is 2. The number of allylic oxidation sites excluding steroid dienone is 1. The van der Waals surface area contributed by atoms with E-state index in [2.05, 4.69) is 55.0 Å². The molecule has 0 aromatic heterocycles. The lowest BCUT2D eigenvalue weighted by molar-refractivity contribution is -0.128. The minimum absolute atomic E-state index is 0.159. The Bertz CT molecular complexity index is 596. The van der Waals surface area contributed by atoms with Crippen molar-refractivity contribution >= 4 is 5.78 Å². The van der Waals surface area contributed by atoms with E-state index in [1.54, 1.807) is 6.08 Å². The van der Waals surface area contributed by atoms with Gasteiger partial charge in [0.05, 0.1) is 0 Å². The van der Waals surface area contributed by atoms with Gasteiger partial charge in [0, 0.05) is 12.3 Å². The van der Waals surface area contributed by atoms with Crippen molar-refractivity contribution in [3.8, 4) is 0 Å². The normalized spacial score (nSPS) is 34.5. The summed E-state index contributed by atoms with van der Waals surface area (Å²) in [7, 11) is 0. The van der Waals surface area contributed by atoms with Crippen LogP contribution >= 0.6 is 0 Å². The number of carbonyl (C=O) groups is 1. The average Bonchev–Trinajstić information content (AvgIpc) is 3.58. The van der Waals surface area contributed by atoms with E-state index < -0.39 is 0 Å². The number of carbonyl (C=O) groups excluding carboxylic acids is 1. The molecule has 9 unspecified atom stereocenters. The van der Waals surface area contributed by atoms with E-state index in [1.807, 2.05) is 20.8 Å². The smallest absolute Gasteiger partial charge is 0.136 e. The van der Waals surface area contributed by atoms with E-state index >= 15 is 0 Å². The number of Topliss-reactive ketones (excluding diaryl/α,β-unsaturated/α-hetero) is 1. The van der Waals surface area contributed by atoms with Crippen LogP contribution in [-0.4, -0.2) is 5.78 Å². The summed E-state index contributed by atoms with van der Waals surface area (Å²) in [5, 5.41) is 0. The van der Waals surface area contributed by atoms with E-state index in [1.165, 1.54) is 64.2 Å². The van der Waals surface area contributed by atoms with Gasteiger partial charge in [-0.25, -0.2) is 0 Å². The van der Waals surface area contributed by atoms with Gasteiger partial charge < -0.3 is 0 Å². The van der Waals surface area contributed by atoms with E-state index in [0.29, 0.717) is 11.7 Å². The van der Waals surface area contributed by atoms with Crippen LogP contribution in [0.25, 0.3) is 0 Å². The minimum atomic E-state index is 0.159. The van der Waals surface area contributed by atoms with Crippen molar-refractivity contribution in [1.29, 1.82) is 0 Å². The summed E-state index contributed by atoms with van der Waals surface area (Å²) in [4.78, 5) is 12.9. The highest BCUT2D eigenvalue weighted by Crippen LogP contribution is 2.71. The molecule has 0 aromatic rings. The molecule has 4 aliphatic carbocycles. The molecule has 0 spiro atoms. The Balaban J connectivity index is 0.000000530. The molecule has 0 amide bonds. The van der Waals surface area contributed by atoms with Crippen molar-refractivity contribution in [2.45, 2.75) is 140 Å². The van der Waals surface area contributed by atoms with Gasteiger partial charge in [0.2, 0.25) is 0 Å². The molecule has 0 saturated heterocycles. The van der Waals surface area contributed by atoms with Crippen LogP contribution in [0, 0.1) is 58.7 Å². The van der Waals surface area contributed by atoms with Gasteiger partial charge in [-0.15, -0.1) is 6.58 Å². The standard InChI is InChI=1S/C24H40O.C5H12.C3H6.C2H6/c1-6-8-14(7-2)17-9-15-11-19(17)22-16-10-18(20(12-16)23(15)22)21(25)13-24(3,4)5;1-3-5-4-2;1-3-2;1-2/h14-20,22-23H,6-13H2,1-5H3;3-5H2,1-2H3;3H,1H2,2H3;1-2H3. The number of hydrogen-bond acceptors (Lipinski definition) is 1. The quantitative estimate of drug-likeness (QED) is 0.245. The third-order valence-electron chi connectivity index (χ3n) is 9.48. The first-order valence-electron chi connectivity index (χ1n) is 15.8. The Kier molecular flexibility index (Phi) is 14.5. The van der Waals surface area contributed by atoms with Crippen molar-refractivity contribution in [2.75, 3.05) is 0 Å². The van der Waals surface area contributed by atoms with Gasteiger partial charge >= 0.3 is 0 Å². The Morgan fingerprint density at radius 2 is 1.40 bits per heavy atom. The van der Waals surface area contributed by atoms with Crippen molar-refractivity contribution in [2.24, 2.45) is 58.7 Å². The topological polar surface area (TPSA) is 17.1 Å². The molecular formula is C34H64O. The Hall–Kier alpha value is -0.590. The molecule has 206 valence electrons. The molecule has 1 nitrogen and oxygen atoms in total. The molecule has 4 rings (SSSR count). The van der Waals surface area contributed by atoms with Crippen LogP contribution in [0.2, 0.25) is 0 Å². The van der Waals surface area contributed by atoms with Crippen molar-refractivity contribution in [3.05, 3.63) is 12.7 Å². The molecule has 0 heterocycles. The van der Waals surface area contributed by atoms with Crippen LogP contribution in [0.15, 0.2) is 12.7 Å². The van der Waals surface area contributed by atoms with E-state index in [-0.39, 0.29) is 5.41 Å². The third kappa shape index (κ3) is 8.20. The highest BCUT2D eigenvalue weighted by molar-refractivity contribution is 5.82. The molecule has 4 bridgehead atoms. The lowest BCUT2D eigenvalue weighted by Gasteiger charge is -2.43. The number of fused-ring (bicyclic) bond motifs is 9. The molecule has 0 aliphatic heterocycles. The molecule has 4 saturated carbocycles.